The molecule has 1 aliphatic carbocycles. The quantitative estimate of drug-likeness (QED) is 0.541. The molecule has 2 fully saturated rings. The number of methoxy groups -OCH3 is 2. The molecule has 0 spiro atoms. The largest absolute Gasteiger partial charge is 0.494 e. The fourth-order valence-corrected chi connectivity index (χ4v) is 4.90. The Kier molecular flexibility index (Phi) is 6.14. The highest BCUT2D eigenvalue weighted by Gasteiger charge is 2.31. The van der Waals surface area contributed by atoms with E-state index >= 15 is 0 Å². The van der Waals surface area contributed by atoms with E-state index in [-0.39, 0.29) is 41.6 Å². The van der Waals surface area contributed by atoms with Crippen molar-refractivity contribution in [3.63, 3.8) is 0 Å². The Morgan fingerprint density at radius 2 is 1.80 bits per heavy atom. The highest BCUT2D eigenvalue weighted by Crippen LogP contribution is 2.42. The molecule has 0 radical (unpaired) electrons. The molecular formula is C24H27N5O6. The lowest BCUT2D eigenvalue weighted by atomic mass is 10.1. The zero-order valence-corrected chi connectivity index (χ0v) is 19.7. The van der Waals surface area contributed by atoms with E-state index in [1.54, 1.807) is 23.1 Å². The molecule has 3 heterocycles. The summed E-state index contributed by atoms with van der Waals surface area (Å²) in [6.45, 7) is 0.758. The monoisotopic (exact) mass is 481 g/mol. The zero-order valence-electron chi connectivity index (χ0n) is 19.7. The van der Waals surface area contributed by atoms with Gasteiger partial charge in [0.2, 0.25) is 17.7 Å². The number of aromatic hydroxyl groups is 1. The highest BCUT2D eigenvalue weighted by atomic mass is 16.5. The lowest BCUT2D eigenvalue weighted by Gasteiger charge is -2.22. The fourth-order valence-electron chi connectivity index (χ4n) is 4.90. The van der Waals surface area contributed by atoms with Crippen molar-refractivity contribution in [3.8, 4) is 34.5 Å². The van der Waals surface area contributed by atoms with Gasteiger partial charge in [0.05, 0.1) is 20.8 Å². The van der Waals surface area contributed by atoms with Crippen LogP contribution < -0.4 is 15.0 Å². The standard InChI is InChI=1S/C24H27N5O6/c1-33-15-9-5-10-16(34-2)20(15)29-21(14-7-3-4-8-14)25-22(31)19(24(29)32)23-27-26-17(35-23)13-28-12-6-11-18(28)30/h5,9-10,14,32H,3-4,6-8,11-13H2,1-2H3. The van der Waals surface area contributed by atoms with Crippen molar-refractivity contribution in [2.45, 2.75) is 51.0 Å². The molecule has 1 aromatic carbocycles. The zero-order chi connectivity index (χ0) is 24.5. The van der Waals surface area contributed by atoms with E-state index in [4.69, 9.17) is 13.9 Å². The summed E-state index contributed by atoms with van der Waals surface area (Å²) < 4.78 is 18.4. The molecule has 2 aliphatic rings. The number of hydrogen-bond acceptors (Lipinski definition) is 9. The first-order valence-corrected chi connectivity index (χ1v) is 11.7. The second-order valence-corrected chi connectivity index (χ2v) is 8.72. The molecular weight excluding hydrogens is 454 g/mol. The van der Waals surface area contributed by atoms with Crippen LogP contribution >= 0.6 is 0 Å². The molecule has 184 valence electrons. The van der Waals surface area contributed by atoms with Crippen molar-refractivity contribution in [1.82, 2.24) is 24.6 Å². The smallest absolute Gasteiger partial charge is 0.289 e. The molecule has 0 bridgehead atoms. The van der Waals surface area contributed by atoms with Crippen LogP contribution in [0.15, 0.2) is 27.4 Å². The van der Waals surface area contributed by atoms with Crippen molar-refractivity contribution < 1.29 is 23.8 Å². The van der Waals surface area contributed by atoms with Crippen molar-refractivity contribution in [1.29, 1.82) is 0 Å². The van der Waals surface area contributed by atoms with E-state index in [2.05, 4.69) is 15.2 Å². The number of rotatable bonds is 7. The van der Waals surface area contributed by atoms with Crippen LogP contribution in [-0.2, 0) is 11.3 Å². The van der Waals surface area contributed by atoms with Crippen LogP contribution in [0.5, 0.6) is 17.4 Å². The van der Waals surface area contributed by atoms with E-state index in [0.29, 0.717) is 36.0 Å². The molecule has 11 heteroatoms. The summed E-state index contributed by atoms with van der Waals surface area (Å²) in [5.41, 5.74) is -0.457. The Labute approximate surface area is 201 Å². The minimum absolute atomic E-state index is 0.0146. The predicted molar refractivity (Wildman–Crippen MR) is 124 cm³/mol. The van der Waals surface area contributed by atoms with Gasteiger partial charge in [-0.05, 0) is 31.4 Å². The number of likely N-dealkylation sites (tertiary alicyclic amines) is 1. The number of ether oxygens (including phenoxy) is 2. The molecule has 11 nitrogen and oxygen atoms in total. The topological polar surface area (TPSA) is 133 Å². The van der Waals surface area contributed by atoms with Crippen molar-refractivity contribution in [3.05, 3.63) is 40.3 Å². The predicted octanol–water partition coefficient (Wildman–Crippen LogP) is 2.79. The van der Waals surface area contributed by atoms with Gasteiger partial charge in [-0.1, -0.05) is 18.9 Å². The Bertz CT molecular complexity index is 1290. The Hall–Kier alpha value is -3.89. The SMILES string of the molecule is COc1cccc(OC)c1-n1c(C2CCCC2)nc(=O)c(-c2nnc(CN3CCCC3=O)o2)c1O. The van der Waals surface area contributed by atoms with Gasteiger partial charge < -0.3 is 23.9 Å². The summed E-state index contributed by atoms with van der Waals surface area (Å²) in [5.74, 6) is 0.930. The first kappa shape index (κ1) is 22.9. The van der Waals surface area contributed by atoms with Crippen LogP contribution in [0.4, 0.5) is 0 Å². The summed E-state index contributed by atoms with van der Waals surface area (Å²) in [4.78, 5) is 31.1. The van der Waals surface area contributed by atoms with Gasteiger partial charge in [-0.2, -0.15) is 4.98 Å². The van der Waals surface area contributed by atoms with Crippen LogP contribution in [0.2, 0.25) is 0 Å². The highest BCUT2D eigenvalue weighted by molar-refractivity contribution is 5.77. The number of aromatic nitrogens is 4. The third-order valence-electron chi connectivity index (χ3n) is 6.62. The Morgan fingerprint density at radius 3 is 2.43 bits per heavy atom. The molecule has 1 aliphatic heterocycles. The van der Waals surface area contributed by atoms with Crippen molar-refractivity contribution in [2.24, 2.45) is 0 Å². The Balaban J connectivity index is 1.67. The van der Waals surface area contributed by atoms with Crippen LogP contribution in [0.3, 0.4) is 0 Å². The van der Waals surface area contributed by atoms with Crippen LogP contribution in [0.1, 0.15) is 56.2 Å². The summed E-state index contributed by atoms with van der Waals surface area (Å²) in [6.07, 6.45) is 4.97. The molecule has 0 atom stereocenters. The normalized spacial score (nSPS) is 16.3. The molecule has 1 amide bonds. The number of nitrogens with zero attached hydrogens (tertiary/aromatic N) is 5. The van der Waals surface area contributed by atoms with Gasteiger partial charge in [-0.15, -0.1) is 10.2 Å². The number of carbonyl (C=O) groups is 1. The maximum atomic E-state index is 13.2. The lowest BCUT2D eigenvalue weighted by molar-refractivity contribution is -0.128. The molecule has 3 aromatic rings. The number of amides is 1. The lowest BCUT2D eigenvalue weighted by Crippen LogP contribution is -2.24. The number of hydrogen-bond donors (Lipinski definition) is 1. The molecule has 1 saturated carbocycles. The third kappa shape index (κ3) is 4.11. The molecule has 35 heavy (non-hydrogen) atoms. The number of para-hydroxylation sites is 1. The Morgan fingerprint density at radius 1 is 1.09 bits per heavy atom. The molecule has 2 aromatic heterocycles. The maximum Gasteiger partial charge on any atom is 0.289 e. The summed E-state index contributed by atoms with van der Waals surface area (Å²) in [5, 5.41) is 19.5. The van der Waals surface area contributed by atoms with Crippen LogP contribution in [0.25, 0.3) is 17.1 Å². The van der Waals surface area contributed by atoms with E-state index < -0.39 is 5.56 Å². The van der Waals surface area contributed by atoms with E-state index in [0.717, 1.165) is 32.1 Å². The van der Waals surface area contributed by atoms with Crippen molar-refractivity contribution >= 4 is 5.91 Å². The third-order valence-corrected chi connectivity index (χ3v) is 6.62. The number of carbonyl (C=O) groups excluding carboxylic acids is 1. The van der Waals surface area contributed by atoms with Gasteiger partial charge in [0, 0.05) is 18.9 Å². The summed E-state index contributed by atoms with van der Waals surface area (Å²) in [6, 6.07) is 5.25. The second-order valence-electron chi connectivity index (χ2n) is 8.72. The van der Waals surface area contributed by atoms with Gasteiger partial charge in [0.25, 0.3) is 11.4 Å². The van der Waals surface area contributed by atoms with Gasteiger partial charge in [-0.25, -0.2) is 0 Å². The fraction of sp³-hybridized carbons (Fsp3) is 0.458. The number of benzene rings is 1. The summed E-state index contributed by atoms with van der Waals surface area (Å²) in [7, 11) is 3.04. The van der Waals surface area contributed by atoms with Crippen LogP contribution in [-0.4, -0.2) is 56.4 Å². The minimum Gasteiger partial charge on any atom is -0.494 e. The summed E-state index contributed by atoms with van der Waals surface area (Å²) >= 11 is 0. The van der Waals surface area contributed by atoms with Gasteiger partial charge in [0.15, 0.2) is 5.56 Å². The first-order valence-electron chi connectivity index (χ1n) is 11.7. The minimum atomic E-state index is -0.665. The molecule has 0 unspecified atom stereocenters. The molecule has 1 N–H and O–H groups in total. The first-order chi connectivity index (χ1) is 17.0. The second kappa shape index (κ2) is 9.40. The van der Waals surface area contributed by atoms with Gasteiger partial charge >= 0.3 is 0 Å². The average Bonchev–Trinajstić information content (AvgIpc) is 3.62. The van der Waals surface area contributed by atoms with Gasteiger partial charge in [-0.3, -0.25) is 14.2 Å². The van der Waals surface area contributed by atoms with Crippen molar-refractivity contribution in [2.75, 3.05) is 20.8 Å². The van der Waals surface area contributed by atoms with E-state index in [1.807, 2.05) is 0 Å². The maximum absolute atomic E-state index is 13.2. The van der Waals surface area contributed by atoms with E-state index in [1.165, 1.54) is 18.8 Å². The molecule has 1 saturated heterocycles. The van der Waals surface area contributed by atoms with E-state index in [9.17, 15) is 14.7 Å². The van der Waals surface area contributed by atoms with Crippen LogP contribution in [0, 0.1) is 0 Å². The molecule has 5 rings (SSSR count). The van der Waals surface area contributed by atoms with Gasteiger partial charge in [0.1, 0.15) is 23.0 Å². The average molecular weight is 482 g/mol.